The van der Waals surface area contributed by atoms with Gasteiger partial charge in [-0.05, 0) is 30.7 Å². The van der Waals surface area contributed by atoms with E-state index in [0.717, 1.165) is 65.3 Å². The van der Waals surface area contributed by atoms with Crippen molar-refractivity contribution in [1.82, 2.24) is 10.5 Å². The molecule has 0 atom stereocenters. The lowest BCUT2D eigenvalue weighted by atomic mass is 9.86. The van der Waals surface area contributed by atoms with Gasteiger partial charge in [0.25, 0.3) is 0 Å². The van der Waals surface area contributed by atoms with E-state index in [1.54, 1.807) is 0 Å². The second kappa shape index (κ2) is 6.96. The molecule has 6 nitrogen and oxygen atoms in total. The van der Waals surface area contributed by atoms with Crippen molar-refractivity contribution < 1.29 is 9.32 Å². The monoisotopic (exact) mass is 410 g/mol. The molecule has 4 aromatic rings. The number of nitrogens with one attached hydrogen (secondary N) is 2. The Morgan fingerprint density at radius 3 is 2.65 bits per heavy atom. The van der Waals surface area contributed by atoms with Gasteiger partial charge in [0.15, 0.2) is 11.5 Å². The van der Waals surface area contributed by atoms with Gasteiger partial charge in [0, 0.05) is 43.0 Å². The number of piperazine rings is 1. The minimum absolute atomic E-state index is 0.00156. The largest absolute Gasteiger partial charge is 0.367 e. The summed E-state index contributed by atoms with van der Waals surface area (Å²) in [4.78, 5) is 15.9. The number of carbonyl (C=O) groups excluding carboxylic acids is 1. The number of aromatic nitrogens is 1. The highest BCUT2D eigenvalue weighted by molar-refractivity contribution is 6.28. The summed E-state index contributed by atoms with van der Waals surface area (Å²) in [5.41, 5.74) is 6.73. The van der Waals surface area contributed by atoms with E-state index in [9.17, 15) is 4.79 Å². The Labute approximate surface area is 179 Å². The van der Waals surface area contributed by atoms with E-state index < -0.39 is 0 Å². The Bertz CT molecular complexity index is 1330. The second-order valence-corrected chi connectivity index (χ2v) is 8.16. The molecule has 6 rings (SSSR count). The van der Waals surface area contributed by atoms with Crippen molar-refractivity contribution in [2.75, 3.05) is 36.4 Å². The molecule has 0 radical (unpaired) electrons. The first-order chi connectivity index (χ1) is 15.2. The molecule has 2 N–H and O–H groups in total. The maximum absolute atomic E-state index is 13.6. The van der Waals surface area contributed by atoms with Gasteiger partial charge in [-0.2, -0.15) is 0 Å². The first-order valence-electron chi connectivity index (χ1n) is 10.6. The maximum atomic E-state index is 13.6. The van der Waals surface area contributed by atoms with Gasteiger partial charge in [0.2, 0.25) is 0 Å². The van der Waals surface area contributed by atoms with Gasteiger partial charge in [-0.25, -0.2) is 0 Å². The number of anilines is 3. The quantitative estimate of drug-likeness (QED) is 0.456. The summed E-state index contributed by atoms with van der Waals surface area (Å²) >= 11 is 0. The van der Waals surface area contributed by atoms with Crippen LogP contribution in [0.2, 0.25) is 0 Å². The predicted octanol–water partition coefficient (Wildman–Crippen LogP) is 4.50. The smallest absolute Gasteiger partial charge is 0.196 e. The molecule has 1 saturated heterocycles. The normalized spacial score (nSPS) is 15.3. The molecule has 0 amide bonds. The van der Waals surface area contributed by atoms with Gasteiger partial charge in [-0.15, -0.1) is 0 Å². The summed E-state index contributed by atoms with van der Waals surface area (Å²) in [5, 5.41) is 12.2. The summed E-state index contributed by atoms with van der Waals surface area (Å²) in [5.74, 6) is 0.669. The zero-order valence-electron chi connectivity index (χ0n) is 17.2. The van der Waals surface area contributed by atoms with Crippen LogP contribution in [0.5, 0.6) is 0 Å². The van der Waals surface area contributed by atoms with Crippen LogP contribution in [0.3, 0.4) is 0 Å². The zero-order valence-corrected chi connectivity index (χ0v) is 17.2. The van der Waals surface area contributed by atoms with Crippen LogP contribution >= 0.6 is 0 Å². The van der Waals surface area contributed by atoms with Crippen molar-refractivity contribution in [1.29, 1.82) is 0 Å². The number of carbonyl (C=O) groups is 1. The van der Waals surface area contributed by atoms with Gasteiger partial charge in [0.05, 0.1) is 22.3 Å². The van der Waals surface area contributed by atoms with E-state index in [-0.39, 0.29) is 5.78 Å². The molecule has 2 aliphatic rings. The third-order valence-electron chi connectivity index (χ3n) is 6.13. The number of fused-ring (bicyclic) bond motifs is 2. The Balaban J connectivity index is 1.62. The molecule has 1 fully saturated rings. The van der Waals surface area contributed by atoms with Gasteiger partial charge in [-0.3, -0.25) is 4.79 Å². The topological polar surface area (TPSA) is 70.4 Å². The number of hydrogen-bond acceptors (Lipinski definition) is 6. The fourth-order valence-corrected chi connectivity index (χ4v) is 4.67. The highest BCUT2D eigenvalue weighted by Gasteiger charge is 2.33. The van der Waals surface area contributed by atoms with Crippen LogP contribution in [0, 0.1) is 6.92 Å². The van der Waals surface area contributed by atoms with Crippen LogP contribution in [-0.4, -0.2) is 37.1 Å². The number of rotatable bonds is 3. The highest BCUT2D eigenvalue weighted by atomic mass is 16.5. The molecule has 1 aliphatic carbocycles. The molecule has 1 aliphatic heterocycles. The highest BCUT2D eigenvalue weighted by Crippen LogP contribution is 2.46. The standard InChI is InChI=1S/C25H22N4O2/c1-15-5-4-6-16(13-15)27-19-14-20(29-11-9-26-10-12-29)23-22-21(19)24(30)17-7-2-3-8-18(17)25(22)31-28-23/h2-8,13-14,26-27H,9-12H2,1H3. The Kier molecular flexibility index (Phi) is 4.07. The van der Waals surface area contributed by atoms with Crippen molar-refractivity contribution >= 4 is 33.7 Å². The fraction of sp³-hybridized carbons (Fsp3) is 0.200. The zero-order chi connectivity index (χ0) is 20.9. The van der Waals surface area contributed by atoms with Crippen LogP contribution in [0.25, 0.3) is 22.2 Å². The number of aryl methyl sites for hydroxylation is 1. The summed E-state index contributed by atoms with van der Waals surface area (Å²) in [6.45, 7) is 5.65. The summed E-state index contributed by atoms with van der Waals surface area (Å²) in [7, 11) is 0. The molecule has 6 heteroatoms. The maximum Gasteiger partial charge on any atom is 0.196 e. The lowest BCUT2D eigenvalue weighted by molar-refractivity contribution is 0.104. The van der Waals surface area contributed by atoms with Gasteiger partial charge in [0.1, 0.15) is 5.52 Å². The van der Waals surface area contributed by atoms with E-state index >= 15 is 0 Å². The Morgan fingerprint density at radius 2 is 1.84 bits per heavy atom. The number of nitrogens with zero attached hydrogens (tertiary/aromatic N) is 2. The minimum Gasteiger partial charge on any atom is -0.367 e. The lowest BCUT2D eigenvalue weighted by Gasteiger charge is -2.30. The SMILES string of the molecule is Cc1cccc(Nc2cc(N3CCNCC3)c3noc4c3c2C(=O)c2ccccc2-4)c1. The van der Waals surface area contributed by atoms with Crippen molar-refractivity contribution in [3.05, 3.63) is 71.3 Å². The van der Waals surface area contributed by atoms with Gasteiger partial charge >= 0.3 is 0 Å². The Hall–Kier alpha value is -3.64. The van der Waals surface area contributed by atoms with E-state index in [2.05, 4.69) is 45.8 Å². The first-order valence-corrected chi connectivity index (χ1v) is 10.6. The van der Waals surface area contributed by atoms with Crippen molar-refractivity contribution in [3.63, 3.8) is 0 Å². The second-order valence-electron chi connectivity index (χ2n) is 8.16. The average Bonchev–Trinajstić information content (AvgIpc) is 3.24. The van der Waals surface area contributed by atoms with Crippen LogP contribution in [0.4, 0.5) is 17.1 Å². The Morgan fingerprint density at radius 1 is 1.03 bits per heavy atom. The molecule has 31 heavy (non-hydrogen) atoms. The average molecular weight is 410 g/mol. The van der Waals surface area contributed by atoms with Crippen LogP contribution in [0.1, 0.15) is 21.5 Å². The van der Waals surface area contributed by atoms with E-state index in [1.165, 1.54) is 0 Å². The lowest BCUT2D eigenvalue weighted by Crippen LogP contribution is -2.43. The van der Waals surface area contributed by atoms with Crippen LogP contribution < -0.4 is 15.5 Å². The molecule has 1 aromatic heterocycles. The molecule has 2 heterocycles. The summed E-state index contributed by atoms with van der Waals surface area (Å²) in [6, 6.07) is 17.8. The molecule has 0 saturated carbocycles. The van der Waals surface area contributed by atoms with Crippen molar-refractivity contribution in [2.24, 2.45) is 0 Å². The fourth-order valence-electron chi connectivity index (χ4n) is 4.67. The van der Waals surface area contributed by atoms with E-state index in [4.69, 9.17) is 4.52 Å². The molecular formula is C25H22N4O2. The van der Waals surface area contributed by atoms with Gasteiger partial charge < -0.3 is 20.1 Å². The summed E-state index contributed by atoms with van der Waals surface area (Å²) < 4.78 is 5.85. The van der Waals surface area contributed by atoms with Gasteiger partial charge in [-0.1, -0.05) is 41.6 Å². The third kappa shape index (κ3) is 2.83. The molecular weight excluding hydrogens is 388 g/mol. The predicted molar refractivity (Wildman–Crippen MR) is 122 cm³/mol. The van der Waals surface area contributed by atoms with Crippen LogP contribution in [0.15, 0.2) is 59.1 Å². The minimum atomic E-state index is -0.00156. The number of benzene rings is 3. The molecule has 0 bridgehead atoms. The number of hydrogen-bond donors (Lipinski definition) is 2. The molecule has 3 aromatic carbocycles. The third-order valence-corrected chi connectivity index (χ3v) is 6.13. The van der Waals surface area contributed by atoms with E-state index in [1.807, 2.05) is 36.4 Å². The van der Waals surface area contributed by atoms with E-state index in [0.29, 0.717) is 16.9 Å². The van der Waals surface area contributed by atoms with Crippen LogP contribution in [-0.2, 0) is 0 Å². The molecule has 0 spiro atoms. The first kappa shape index (κ1) is 18.2. The van der Waals surface area contributed by atoms with Crippen molar-refractivity contribution in [2.45, 2.75) is 6.92 Å². The van der Waals surface area contributed by atoms with Crippen molar-refractivity contribution in [3.8, 4) is 11.3 Å². The molecule has 154 valence electrons. The summed E-state index contributed by atoms with van der Waals surface area (Å²) in [6.07, 6.45) is 0. The number of ketones is 1. The molecule has 0 unspecified atom stereocenters.